The molecule has 0 atom stereocenters. The van der Waals surface area contributed by atoms with Gasteiger partial charge in [-0.05, 0) is 74.7 Å². The molecule has 0 bridgehead atoms. The summed E-state index contributed by atoms with van der Waals surface area (Å²) in [7, 11) is 0. The summed E-state index contributed by atoms with van der Waals surface area (Å²) in [6, 6.07) is 24.2. The largest absolute Gasteiger partial charge is 0.372 e. The zero-order valence-corrected chi connectivity index (χ0v) is 19.5. The molecule has 0 saturated heterocycles. The highest BCUT2D eigenvalue weighted by Gasteiger charge is 2.21. The second kappa shape index (κ2) is 9.86. The minimum Gasteiger partial charge on any atom is -0.372 e. The van der Waals surface area contributed by atoms with E-state index >= 15 is 0 Å². The SMILES string of the molecule is CCN(CC)c1ccc(C(c2ccc(N(CC)CC)cc2)c2cccc3n[nH]nc23)cc1. The average Bonchev–Trinajstić information content (AvgIpc) is 3.32. The lowest BCUT2D eigenvalue weighted by Gasteiger charge is -2.25. The summed E-state index contributed by atoms with van der Waals surface area (Å²) in [5, 5.41) is 11.6. The van der Waals surface area contributed by atoms with Gasteiger partial charge in [-0.2, -0.15) is 15.4 Å². The molecule has 0 aliphatic rings. The molecule has 4 rings (SSSR count). The van der Waals surface area contributed by atoms with Crippen molar-refractivity contribution in [2.24, 2.45) is 0 Å². The zero-order valence-electron chi connectivity index (χ0n) is 19.5. The Hall–Kier alpha value is -3.34. The van der Waals surface area contributed by atoms with Crippen molar-refractivity contribution in [3.63, 3.8) is 0 Å². The van der Waals surface area contributed by atoms with Gasteiger partial charge in [-0.15, -0.1) is 0 Å². The van der Waals surface area contributed by atoms with E-state index < -0.39 is 0 Å². The fraction of sp³-hybridized carbons (Fsp3) is 0.333. The van der Waals surface area contributed by atoms with Crippen LogP contribution in [0.1, 0.15) is 50.3 Å². The second-order valence-corrected chi connectivity index (χ2v) is 8.00. The molecule has 1 heterocycles. The Morgan fingerprint density at radius 2 is 1.16 bits per heavy atom. The first kappa shape index (κ1) is 21.9. The van der Waals surface area contributed by atoms with E-state index in [4.69, 9.17) is 0 Å². The molecule has 166 valence electrons. The third-order valence-corrected chi connectivity index (χ3v) is 6.40. The quantitative estimate of drug-likeness (QED) is 0.341. The summed E-state index contributed by atoms with van der Waals surface area (Å²) in [6.07, 6.45) is 0. The zero-order chi connectivity index (χ0) is 22.5. The van der Waals surface area contributed by atoms with Gasteiger partial charge >= 0.3 is 0 Å². The third-order valence-electron chi connectivity index (χ3n) is 6.40. The number of nitrogens with zero attached hydrogens (tertiary/aromatic N) is 4. The van der Waals surface area contributed by atoms with Crippen LogP contribution in [0.25, 0.3) is 11.0 Å². The van der Waals surface area contributed by atoms with Crippen molar-refractivity contribution in [2.45, 2.75) is 33.6 Å². The fourth-order valence-electron chi connectivity index (χ4n) is 4.61. The molecule has 0 radical (unpaired) electrons. The van der Waals surface area contributed by atoms with Crippen molar-refractivity contribution in [2.75, 3.05) is 36.0 Å². The highest BCUT2D eigenvalue weighted by Crippen LogP contribution is 2.36. The van der Waals surface area contributed by atoms with Crippen LogP contribution in [0.3, 0.4) is 0 Å². The number of hydrogen-bond acceptors (Lipinski definition) is 4. The van der Waals surface area contributed by atoms with Gasteiger partial charge in [-0.25, -0.2) is 0 Å². The summed E-state index contributed by atoms with van der Waals surface area (Å²) >= 11 is 0. The van der Waals surface area contributed by atoms with Gasteiger partial charge < -0.3 is 9.80 Å². The molecule has 3 aromatic carbocycles. The van der Waals surface area contributed by atoms with Gasteiger partial charge in [-0.1, -0.05) is 36.4 Å². The van der Waals surface area contributed by atoms with E-state index in [0.29, 0.717) is 0 Å². The Morgan fingerprint density at radius 1 is 0.656 bits per heavy atom. The maximum absolute atomic E-state index is 4.48. The highest BCUT2D eigenvalue weighted by molar-refractivity contribution is 5.79. The van der Waals surface area contributed by atoms with Gasteiger partial charge in [0.15, 0.2) is 0 Å². The molecule has 5 heteroatoms. The summed E-state index contributed by atoms with van der Waals surface area (Å²) < 4.78 is 0. The maximum atomic E-state index is 4.48. The van der Waals surface area contributed by atoms with Gasteiger partial charge in [0.05, 0.1) is 0 Å². The van der Waals surface area contributed by atoms with Gasteiger partial charge in [0, 0.05) is 43.5 Å². The number of hydrogen-bond donors (Lipinski definition) is 1. The van der Waals surface area contributed by atoms with Gasteiger partial charge in [-0.3, -0.25) is 0 Å². The first-order valence-electron chi connectivity index (χ1n) is 11.7. The number of rotatable bonds is 9. The lowest BCUT2D eigenvalue weighted by molar-refractivity contribution is 0.863. The topological polar surface area (TPSA) is 48.0 Å². The normalized spacial score (nSPS) is 11.3. The van der Waals surface area contributed by atoms with Crippen LogP contribution in [0.5, 0.6) is 0 Å². The summed E-state index contributed by atoms with van der Waals surface area (Å²) in [5.74, 6) is 0.0836. The molecule has 0 aliphatic carbocycles. The van der Waals surface area contributed by atoms with Crippen LogP contribution in [-0.2, 0) is 0 Å². The van der Waals surface area contributed by atoms with Crippen molar-refractivity contribution in [1.82, 2.24) is 15.4 Å². The first-order chi connectivity index (χ1) is 15.7. The van der Waals surface area contributed by atoms with Crippen LogP contribution >= 0.6 is 0 Å². The Morgan fingerprint density at radius 3 is 1.62 bits per heavy atom. The molecule has 0 aliphatic heterocycles. The van der Waals surface area contributed by atoms with Crippen molar-refractivity contribution in [1.29, 1.82) is 0 Å². The highest BCUT2D eigenvalue weighted by atomic mass is 15.3. The second-order valence-electron chi connectivity index (χ2n) is 8.00. The molecule has 32 heavy (non-hydrogen) atoms. The number of para-hydroxylation sites is 1. The minimum atomic E-state index is 0.0836. The number of aromatic nitrogens is 3. The van der Waals surface area contributed by atoms with Crippen molar-refractivity contribution >= 4 is 22.4 Å². The monoisotopic (exact) mass is 427 g/mol. The summed E-state index contributed by atoms with van der Waals surface area (Å²) in [6.45, 7) is 12.8. The van der Waals surface area contributed by atoms with E-state index in [1.54, 1.807) is 0 Å². The van der Waals surface area contributed by atoms with Crippen molar-refractivity contribution in [3.8, 4) is 0 Å². The Labute approximate surface area is 191 Å². The van der Waals surface area contributed by atoms with Crippen LogP contribution in [0, 0.1) is 0 Å². The molecule has 1 N–H and O–H groups in total. The number of aromatic amines is 1. The van der Waals surface area contributed by atoms with Gasteiger partial charge in [0.2, 0.25) is 0 Å². The van der Waals surface area contributed by atoms with Gasteiger partial charge in [0.1, 0.15) is 11.0 Å². The predicted molar refractivity (Wildman–Crippen MR) is 135 cm³/mol. The van der Waals surface area contributed by atoms with E-state index in [1.165, 1.54) is 28.1 Å². The lowest BCUT2D eigenvalue weighted by Crippen LogP contribution is -2.22. The van der Waals surface area contributed by atoms with E-state index in [0.717, 1.165) is 37.2 Å². The Kier molecular flexibility index (Phi) is 6.74. The summed E-state index contributed by atoms with van der Waals surface area (Å²) in [5.41, 5.74) is 8.02. The number of benzene rings is 3. The Balaban J connectivity index is 1.80. The molecule has 4 aromatic rings. The van der Waals surface area contributed by atoms with E-state index in [-0.39, 0.29) is 5.92 Å². The molecule has 0 amide bonds. The molecular weight excluding hydrogens is 394 g/mol. The molecule has 0 spiro atoms. The third kappa shape index (κ3) is 4.20. The minimum absolute atomic E-state index is 0.0836. The molecule has 0 fully saturated rings. The lowest BCUT2D eigenvalue weighted by atomic mass is 9.84. The smallest absolute Gasteiger partial charge is 0.117 e. The van der Waals surface area contributed by atoms with Crippen LogP contribution in [0.4, 0.5) is 11.4 Å². The molecular formula is C27H33N5. The van der Waals surface area contributed by atoms with Crippen LogP contribution in [0.2, 0.25) is 0 Å². The van der Waals surface area contributed by atoms with Gasteiger partial charge in [0.25, 0.3) is 0 Å². The molecule has 1 aromatic heterocycles. The summed E-state index contributed by atoms with van der Waals surface area (Å²) in [4.78, 5) is 4.74. The molecule has 5 nitrogen and oxygen atoms in total. The number of fused-ring (bicyclic) bond motifs is 1. The molecule has 0 saturated carbocycles. The average molecular weight is 428 g/mol. The number of nitrogens with one attached hydrogen (secondary N) is 1. The fourth-order valence-corrected chi connectivity index (χ4v) is 4.61. The van der Waals surface area contributed by atoms with Crippen molar-refractivity contribution in [3.05, 3.63) is 83.4 Å². The Bertz CT molecular complexity index is 1070. The van der Waals surface area contributed by atoms with Crippen molar-refractivity contribution < 1.29 is 0 Å². The number of H-pyrrole nitrogens is 1. The maximum Gasteiger partial charge on any atom is 0.117 e. The van der Waals surface area contributed by atoms with E-state index in [9.17, 15) is 0 Å². The van der Waals surface area contributed by atoms with Crippen LogP contribution < -0.4 is 9.80 Å². The standard InChI is InChI=1S/C27H33N5/c1-5-31(6-2)22-16-12-20(13-17-22)26(24-10-9-11-25-27(24)29-30-28-25)21-14-18-23(19-15-21)32(7-3)8-4/h9-19,26H,5-8H2,1-4H3,(H,28,29,30). The first-order valence-corrected chi connectivity index (χ1v) is 11.7. The van der Waals surface area contributed by atoms with Crippen LogP contribution in [-0.4, -0.2) is 41.6 Å². The van der Waals surface area contributed by atoms with E-state index in [2.05, 4.69) is 114 Å². The van der Waals surface area contributed by atoms with E-state index in [1.807, 2.05) is 6.07 Å². The van der Waals surface area contributed by atoms with Crippen LogP contribution in [0.15, 0.2) is 66.7 Å². The predicted octanol–water partition coefficient (Wildman–Crippen LogP) is 5.83. The molecule has 0 unspecified atom stereocenters. The number of anilines is 2.